The predicted octanol–water partition coefficient (Wildman–Crippen LogP) is 3.67. The first-order valence-corrected chi connectivity index (χ1v) is 10.8. The van der Waals surface area contributed by atoms with Crippen LogP contribution in [0.15, 0.2) is 59.5 Å². The summed E-state index contributed by atoms with van der Waals surface area (Å²) in [5, 5.41) is 0.543. The zero-order chi connectivity index (χ0) is 18.6. The monoisotopic (exact) mass is 392 g/mol. The maximum Gasteiger partial charge on any atom is 0.243 e. The van der Waals surface area contributed by atoms with Crippen LogP contribution in [0.3, 0.4) is 0 Å². The van der Waals surface area contributed by atoms with E-state index >= 15 is 0 Å². The molecule has 0 aliphatic carbocycles. The minimum atomic E-state index is -3.44. The molecule has 26 heavy (non-hydrogen) atoms. The van der Waals surface area contributed by atoms with Crippen molar-refractivity contribution >= 4 is 21.6 Å². The fourth-order valence-electron chi connectivity index (χ4n) is 3.34. The Morgan fingerprint density at radius 3 is 2.19 bits per heavy atom. The van der Waals surface area contributed by atoms with Gasteiger partial charge in [-0.3, -0.25) is 4.90 Å². The predicted molar refractivity (Wildman–Crippen MR) is 106 cm³/mol. The van der Waals surface area contributed by atoms with Gasteiger partial charge in [0, 0.05) is 37.2 Å². The molecule has 4 nitrogen and oxygen atoms in total. The van der Waals surface area contributed by atoms with Crippen molar-refractivity contribution in [3.05, 3.63) is 65.2 Å². The first kappa shape index (κ1) is 19.4. The maximum atomic E-state index is 12.8. The third kappa shape index (κ3) is 4.65. The van der Waals surface area contributed by atoms with E-state index < -0.39 is 10.0 Å². The lowest BCUT2D eigenvalue weighted by Gasteiger charge is -2.37. The molecule has 1 fully saturated rings. The van der Waals surface area contributed by atoms with Crippen molar-refractivity contribution in [3.8, 4) is 0 Å². The van der Waals surface area contributed by atoms with E-state index in [9.17, 15) is 8.42 Å². The average molecular weight is 393 g/mol. The van der Waals surface area contributed by atoms with E-state index in [4.69, 9.17) is 11.6 Å². The van der Waals surface area contributed by atoms with E-state index in [2.05, 4.69) is 36.1 Å². The van der Waals surface area contributed by atoms with Gasteiger partial charge >= 0.3 is 0 Å². The van der Waals surface area contributed by atoms with Crippen molar-refractivity contribution < 1.29 is 8.42 Å². The molecule has 0 unspecified atom stereocenters. The van der Waals surface area contributed by atoms with Gasteiger partial charge in [-0.2, -0.15) is 4.31 Å². The van der Waals surface area contributed by atoms with Crippen LogP contribution < -0.4 is 0 Å². The molecule has 2 aromatic carbocycles. The van der Waals surface area contributed by atoms with Gasteiger partial charge in [0.1, 0.15) is 0 Å². The molecular formula is C20H25ClN2O2S. The molecule has 0 aromatic heterocycles. The molecule has 1 saturated heterocycles. The van der Waals surface area contributed by atoms with Crippen molar-refractivity contribution in [2.45, 2.75) is 30.7 Å². The lowest BCUT2D eigenvalue weighted by molar-refractivity contribution is 0.140. The molecule has 1 aliphatic rings. The quantitative estimate of drug-likeness (QED) is 0.753. The normalized spacial score (nSPS) is 17.9. The van der Waals surface area contributed by atoms with Crippen LogP contribution in [0.4, 0.5) is 0 Å². The molecule has 1 heterocycles. The van der Waals surface area contributed by atoms with E-state index in [0.717, 1.165) is 25.9 Å². The van der Waals surface area contributed by atoms with Gasteiger partial charge in [0.05, 0.1) is 4.90 Å². The third-order valence-electron chi connectivity index (χ3n) is 5.04. The first-order valence-electron chi connectivity index (χ1n) is 9.00. The highest BCUT2D eigenvalue weighted by atomic mass is 35.5. The Morgan fingerprint density at radius 2 is 1.58 bits per heavy atom. The minimum Gasteiger partial charge on any atom is -0.298 e. The van der Waals surface area contributed by atoms with Crippen LogP contribution in [0.2, 0.25) is 5.02 Å². The highest BCUT2D eigenvalue weighted by Crippen LogP contribution is 2.21. The van der Waals surface area contributed by atoms with Crippen LogP contribution in [-0.4, -0.2) is 49.8 Å². The van der Waals surface area contributed by atoms with Crippen LogP contribution in [-0.2, 0) is 16.4 Å². The summed E-state index contributed by atoms with van der Waals surface area (Å²) in [6.07, 6.45) is 2.12. The SMILES string of the molecule is C[C@@H](CCc1ccccc1)N1CCN(S(=O)(=O)c2ccc(Cl)cc2)CC1. The van der Waals surface area contributed by atoms with E-state index in [1.54, 1.807) is 28.6 Å². The molecule has 0 N–H and O–H groups in total. The molecule has 2 aromatic rings. The van der Waals surface area contributed by atoms with Crippen LogP contribution in [0.5, 0.6) is 0 Å². The molecule has 0 bridgehead atoms. The number of aryl methyl sites for hydroxylation is 1. The Kier molecular flexibility index (Phi) is 6.35. The number of halogens is 1. The van der Waals surface area contributed by atoms with Crippen LogP contribution in [0.1, 0.15) is 18.9 Å². The second-order valence-corrected chi connectivity index (χ2v) is 9.14. The van der Waals surface area contributed by atoms with Gasteiger partial charge in [-0.1, -0.05) is 41.9 Å². The van der Waals surface area contributed by atoms with Crippen molar-refractivity contribution in [2.75, 3.05) is 26.2 Å². The summed E-state index contributed by atoms with van der Waals surface area (Å²) in [4.78, 5) is 2.70. The second kappa shape index (κ2) is 8.53. The minimum absolute atomic E-state index is 0.312. The Balaban J connectivity index is 1.54. The van der Waals surface area contributed by atoms with E-state index in [1.807, 2.05) is 6.07 Å². The van der Waals surface area contributed by atoms with Gasteiger partial charge in [0.25, 0.3) is 0 Å². The largest absolute Gasteiger partial charge is 0.298 e. The van der Waals surface area contributed by atoms with Gasteiger partial charge < -0.3 is 0 Å². The summed E-state index contributed by atoms with van der Waals surface area (Å²) in [5.41, 5.74) is 1.35. The number of benzene rings is 2. The Bertz CT molecular complexity index is 801. The van der Waals surface area contributed by atoms with Crippen LogP contribution in [0, 0.1) is 0 Å². The van der Waals surface area contributed by atoms with Gasteiger partial charge in [0.15, 0.2) is 0 Å². The zero-order valence-corrected chi connectivity index (χ0v) is 16.6. The summed E-state index contributed by atoms with van der Waals surface area (Å²) >= 11 is 5.86. The summed E-state index contributed by atoms with van der Waals surface area (Å²) in [6, 6.07) is 17.3. The van der Waals surface area contributed by atoms with Crippen molar-refractivity contribution in [2.24, 2.45) is 0 Å². The highest BCUT2D eigenvalue weighted by molar-refractivity contribution is 7.89. The van der Waals surface area contributed by atoms with E-state index in [0.29, 0.717) is 29.0 Å². The fourth-order valence-corrected chi connectivity index (χ4v) is 4.89. The summed E-state index contributed by atoms with van der Waals surface area (Å²) in [6.45, 7) is 4.82. The molecule has 1 aliphatic heterocycles. The summed E-state index contributed by atoms with van der Waals surface area (Å²) < 4.78 is 27.1. The molecule has 0 spiro atoms. The number of rotatable bonds is 6. The van der Waals surface area contributed by atoms with Gasteiger partial charge in [-0.25, -0.2) is 8.42 Å². The Labute approximate surface area is 161 Å². The molecule has 6 heteroatoms. The van der Waals surface area contributed by atoms with Crippen molar-refractivity contribution in [3.63, 3.8) is 0 Å². The second-order valence-electron chi connectivity index (χ2n) is 6.77. The number of sulfonamides is 1. The Morgan fingerprint density at radius 1 is 0.962 bits per heavy atom. The molecule has 1 atom stereocenters. The fraction of sp³-hybridized carbons (Fsp3) is 0.400. The number of hydrogen-bond acceptors (Lipinski definition) is 3. The topological polar surface area (TPSA) is 40.6 Å². The lowest BCUT2D eigenvalue weighted by atomic mass is 10.0. The zero-order valence-electron chi connectivity index (χ0n) is 15.0. The highest BCUT2D eigenvalue weighted by Gasteiger charge is 2.29. The molecule has 0 amide bonds. The number of nitrogens with zero attached hydrogens (tertiary/aromatic N) is 2. The van der Waals surface area contributed by atoms with E-state index in [-0.39, 0.29) is 0 Å². The van der Waals surface area contributed by atoms with Crippen LogP contribution in [0.25, 0.3) is 0 Å². The molecule has 0 radical (unpaired) electrons. The smallest absolute Gasteiger partial charge is 0.243 e. The van der Waals surface area contributed by atoms with E-state index in [1.165, 1.54) is 5.56 Å². The third-order valence-corrected chi connectivity index (χ3v) is 7.21. The first-order chi connectivity index (χ1) is 12.5. The molecule has 0 saturated carbocycles. The number of hydrogen-bond donors (Lipinski definition) is 0. The van der Waals surface area contributed by atoms with Crippen LogP contribution >= 0.6 is 11.6 Å². The van der Waals surface area contributed by atoms with Gasteiger partial charge in [-0.05, 0) is 49.6 Å². The maximum absolute atomic E-state index is 12.8. The standard InChI is InChI=1S/C20H25ClN2O2S/c1-17(7-8-18-5-3-2-4-6-18)22-13-15-23(16-14-22)26(24,25)20-11-9-19(21)10-12-20/h2-6,9-12,17H,7-8,13-16H2,1H3/t17-/m0/s1. The average Bonchev–Trinajstić information content (AvgIpc) is 2.67. The summed E-state index contributed by atoms with van der Waals surface area (Å²) in [5.74, 6) is 0. The van der Waals surface area contributed by atoms with Gasteiger partial charge in [0.2, 0.25) is 10.0 Å². The summed E-state index contributed by atoms with van der Waals surface area (Å²) in [7, 11) is -3.44. The molecule has 3 rings (SSSR count). The Hall–Kier alpha value is -1.40. The van der Waals surface area contributed by atoms with Crippen molar-refractivity contribution in [1.82, 2.24) is 9.21 Å². The molecule has 140 valence electrons. The van der Waals surface area contributed by atoms with Gasteiger partial charge in [-0.15, -0.1) is 0 Å². The number of piperazine rings is 1. The molecular weight excluding hydrogens is 368 g/mol. The van der Waals surface area contributed by atoms with Crippen molar-refractivity contribution in [1.29, 1.82) is 0 Å². The lowest BCUT2D eigenvalue weighted by Crippen LogP contribution is -2.51.